The zero-order valence-electron chi connectivity index (χ0n) is 22.9. The van der Waals surface area contributed by atoms with Crippen LogP contribution >= 0.6 is 0 Å². The summed E-state index contributed by atoms with van der Waals surface area (Å²) in [5.41, 5.74) is 4.20. The fourth-order valence-electron chi connectivity index (χ4n) is 4.80. The molecule has 0 N–H and O–H groups in total. The lowest BCUT2D eigenvalue weighted by Gasteiger charge is -2.36. The maximum absolute atomic E-state index is 13.1. The number of benzene rings is 2. The molecule has 1 amide bonds. The van der Waals surface area contributed by atoms with Crippen molar-refractivity contribution in [1.29, 1.82) is 0 Å². The summed E-state index contributed by atoms with van der Waals surface area (Å²) in [5, 5.41) is 0. The molecule has 0 radical (unpaired) electrons. The third-order valence-corrected chi connectivity index (χ3v) is 8.85. The number of rotatable bonds is 10. The highest BCUT2D eigenvalue weighted by molar-refractivity contribution is 7.82. The Morgan fingerprint density at radius 1 is 1.03 bits per heavy atom. The molecule has 0 bridgehead atoms. The van der Waals surface area contributed by atoms with Crippen LogP contribution < -0.4 is 9.64 Å². The summed E-state index contributed by atoms with van der Waals surface area (Å²) in [6.45, 7) is 7.00. The minimum Gasteiger partial charge on any atom is -0.497 e. The minimum atomic E-state index is -1.34. The number of aryl methyl sites for hydroxylation is 2. The Labute approximate surface area is 219 Å². The van der Waals surface area contributed by atoms with Gasteiger partial charge in [-0.3, -0.25) is 4.79 Å². The molecule has 1 fully saturated rings. The van der Waals surface area contributed by atoms with Crippen LogP contribution in [0.5, 0.6) is 5.75 Å². The Morgan fingerprint density at radius 3 is 2.14 bits per heavy atom. The molecule has 7 nitrogen and oxygen atoms in total. The van der Waals surface area contributed by atoms with E-state index in [4.69, 9.17) is 4.74 Å². The van der Waals surface area contributed by atoms with Crippen molar-refractivity contribution in [3.63, 3.8) is 0 Å². The maximum Gasteiger partial charge on any atom is 0.223 e. The number of carbonyl (C=O) groups is 1. The van der Waals surface area contributed by atoms with E-state index in [1.54, 1.807) is 23.4 Å². The van der Waals surface area contributed by atoms with Gasteiger partial charge < -0.3 is 19.4 Å². The lowest BCUT2D eigenvalue weighted by molar-refractivity contribution is -0.130. The van der Waals surface area contributed by atoms with E-state index in [1.165, 1.54) is 18.5 Å². The molecule has 1 saturated heterocycles. The number of nitrogens with zero attached hydrogens (tertiary/aromatic N) is 4. The number of hydrogen-bond donors (Lipinski definition) is 0. The second kappa shape index (κ2) is 12.7. The number of amides is 1. The highest BCUT2D eigenvalue weighted by atomic mass is 32.2. The summed E-state index contributed by atoms with van der Waals surface area (Å²) in [6.07, 6.45) is 2.68. The third-order valence-electron chi connectivity index (χ3n) is 7.11. The summed E-state index contributed by atoms with van der Waals surface area (Å²) in [7, 11) is 8.24. The standard InChI is InChI=1S/C28H42N4O3S/c1-21-18-26(35-7)19-22(2)28(21)36(34)31(6)15-14-27(33)30(5)20-23-8-10-25(11-9-23)32-16-12-24(13-17-32)29(3)4/h8-11,18-19,24H,12-17,20H2,1-7H3. The zero-order chi connectivity index (χ0) is 26.4. The minimum absolute atomic E-state index is 0.0388. The fraction of sp³-hybridized carbons (Fsp3) is 0.536. The quantitative estimate of drug-likeness (QED) is 0.482. The second-order valence-electron chi connectivity index (χ2n) is 10.0. The third kappa shape index (κ3) is 7.08. The van der Waals surface area contributed by atoms with Gasteiger partial charge in [0.05, 0.1) is 12.0 Å². The van der Waals surface area contributed by atoms with Crippen LogP contribution in [0.3, 0.4) is 0 Å². The topological polar surface area (TPSA) is 56.3 Å². The lowest BCUT2D eigenvalue weighted by Crippen LogP contribution is -2.41. The monoisotopic (exact) mass is 514 g/mol. The van der Waals surface area contributed by atoms with E-state index in [9.17, 15) is 9.00 Å². The van der Waals surface area contributed by atoms with E-state index in [2.05, 4.69) is 48.2 Å². The number of anilines is 1. The van der Waals surface area contributed by atoms with Gasteiger partial charge in [0.2, 0.25) is 5.91 Å². The molecule has 0 aromatic heterocycles. The Kier molecular flexibility index (Phi) is 9.93. The summed E-state index contributed by atoms with van der Waals surface area (Å²) in [5.74, 6) is 0.795. The molecule has 0 saturated carbocycles. The molecule has 2 aromatic carbocycles. The molecule has 2 aromatic rings. The number of ether oxygens (including phenoxy) is 1. The van der Waals surface area contributed by atoms with Crippen LogP contribution in [0.15, 0.2) is 41.3 Å². The summed E-state index contributed by atoms with van der Waals surface area (Å²) < 4.78 is 20.2. The van der Waals surface area contributed by atoms with Gasteiger partial charge in [-0.05, 0) is 81.7 Å². The SMILES string of the molecule is COc1cc(C)c(S(=O)N(C)CCC(=O)N(C)Cc2ccc(N3CCC(N(C)C)CC3)cc2)c(C)c1. The number of piperidine rings is 1. The first-order chi connectivity index (χ1) is 17.1. The highest BCUT2D eigenvalue weighted by Crippen LogP contribution is 2.26. The number of hydrogen-bond acceptors (Lipinski definition) is 5. The molecule has 0 aliphatic carbocycles. The van der Waals surface area contributed by atoms with Gasteiger partial charge in [-0.1, -0.05) is 12.1 Å². The fourth-order valence-corrected chi connectivity index (χ4v) is 6.04. The van der Waals surface area contributed by atoms with Crippen LogP contribution in [0, 0.1) is 13.8 Å². The van der Waals surface area contributed by atoms with Gasteiger partial charge in [-0.15, -0.1) is 0 Å². The second-order valence-corrected chi connectivity index (χ2v) is 11.6. The molecular formula is C28H42N4O3S. The molecule has 1 aliphatic rings. The molecule has 3 rings (SSSR count). The van der Waals surface area contributed by atoms with Crippen molar-refractivity contribution in [2.45, 2.75) is 50.6 Å². The normalized spacial score (nSPS) is 15.4. The van der Waals surface area contributed by atoms with Crippen LogP contribution in [0.2, 0.25) is 0 Å². The van der Waals surface area contributed by atoms with Crippen molar-refractivity contribution in [2.24, 2.45) is 0 Å². The first-order valence-electron chi connectivity index (χ1n) is 12.6. The molecule has 1 aliphatic heterocycles. The van der Waals surface area contributed by atoms with Crippen molar-refractivity contribution in [2.75, 3.05) is 59.8 Å². The Hall–Kier alpha value is -2.42. The van der Waals surface area contributed by atoms with E-state index >= 15 is 0 Å². The molecule has 1 atom stereocenters. The van der Waals surface area contributed by atoms with E-state index in [0.717, 1.165) is 40.4 Å². The zero-order valence-corrected chi connectivity index (χ0v) is 23.7. The number of methoxy groups -OCH3 is 1. The highest BCUT2D eigenvalue weighted by Gasteiger charge is 2.21. The first-order valence-corrected chi connectivity index (χ1v) is 13.7. The van der Waals surface area contributed by atoms with Crippen molar-refractivity contribution >= 4 is 22.6 Å². The Balaban J connectivity index is 1.50. The van der Waals surface area contributed by atoms with Gasteiger partial charge in [0.1, 0.15) is 16.7 Å². The molecular weight excluding hydrogens is 472 g/mol. The van der Waals surface area contributed by atoms with E-state index < -0.39 is 11.0 Å². The van der Waals surface area contributed by atoms with Gasteiger partial charge in [0, 0.05) is 58.4 Å². The van der Waals surface area contributed by atoms with E-state index in [0.29, 0.717) is 25.6 Å². The summed E-state index contributed by atoms with van der Waals surface area (Å²) in [4.78, 5) is 20.1. The van der Waals surface area contributed by atoms with Crippen LogP contribution in [-0.2, 0) is 22.3 Å². The predicted molar refractivity (Wildman–Crippen MR) is 148 cm³/mol. The first kappa shape index (κ1) is 28.2. The molecule has 0 spiro atoms. The van der Waals surface area contributed by atoms with Crippen molar-refractivity contribution in [3.05, 3.63) is 53.1 Å². The predicted octanol–water partition coefficient (Wildman–Crippen LogP) is 3.85. The van der Waals surface area contributed by atoms with Gasteiger partial charge in [-0.2, -0.15) is 0 Å². The van der Waals surface area contributed by atoms with Crippen molar-refractivity contribution in [1.82, 2.24) is 14.1 Å². The molecule has 198 valence electrons. The van der Waals surface area contributed by atoms with Crippen molar-refractivity contribution in [3.8, 4) is 5.75 Å². The van der Waals surface area contributed by atoms with Crippen LogP contribution in [0.1, 0.15) is 36.0 Å². The van der Waals surface area contributed by atoms with Gasteiger partial charge in [-0.25, -0.2) is 8.51 Å². The average molecular weight is 515 g/mol. The Morgan fingerprint density at radius 2 is 1.61 bits per heavy atom. The molecule has 1 heterocycles. The van der Waals surface area contributed by atoms with Crippen LogP contribution in [-0.4, -0.2) is 85.2 Å². The van der Waals surface area contributed by atoms with Gasteiger partial charge in [0.15, 0.2) is 0 Å². The van der Waals surface area contributed by atoms with Gasteiger partial charge >= 0.3 is 0 Å². The van der Waals surface area contributed by atoms with E-state index in [1.807, 2.05) is 33.0 Å². The lowest BCUT2D eigenvalue weighted by atomic mass is 10.0. The molecule has 1 unspecified atom stereocenters. The molecule has 8 heteroatoms. The van der Waals surface area contributed by atoms with Crippen LogP contribution in [0.4, 0.5) is 5.69 Å². The average Bonchev–Trinajstić information content (AvgIpc) is 2.86. The van der Waals surface area contributed by atoms with E-state index in [-0.39, 0.29) is 5.91 Å². The largest absolute Gasteiger partial charge is 0.497 e. The summed E-state index contributed by atoms with van der Waals surface area (Å²) in [6, 6.07) is 13.0. The van der Waals surface area contributed by atoms with Crippen LogP contribution in [0.25, 0.3) is 0 Å². The smallest absolute Gasteiger partial charge is 0.223 e. The summed E-state index contributed by atoms with van der Waals surface area (Å²) >= 11 is 0. The van der Waals surface area contributed by atoms with Gasteiger partial charge in [0.25, 0.3) is 0 Å². The maximum atomic E-state index is 13.1. The molecule has 36 heavy (non-hydrogen) atoms. The number of carbonyl (C=O) groups excluding carboxylic acids is 1. The van der Waals surface area contributed by atoms with Crippen molar-refractivity contribution < 1.29 is 13.7 Å². The Bertz CT molecular complexity index is 1030.